The topological polar surface area (TPSA) is 124 Å². The molecule has 2 aliphatic rings. The summed E-state index contributed by atoms with van der Waals surface area (Å²) in [5.74, 6) is 0.578. The lowest BCUT2D eigenvalue weighted by Crippen LogP contribution is -2.55. The van der Waals surface area contributed by atoms with Crippen LogP contribution in [0.25, 0.3) is 11.1 Å². The number of sulfone groups is 1. The lowest BCUT2D eigenvalue weighted by molar-refractivity contribution is -0.231. The molecule has 1 aliphatic carbocycles. The summed E-state index contributed by atoms with van der Waals surface area (Å²) in [5, 5.41) is 40.0. The molecule has 1 saturated carbocycles. The van der Waals surface area contributed by atoms with Crippen molar-refractivity contribution < 1.29 is 33.6 Å². The van der Waals surface area contributed by atoms with Gasteiger partial charge in [-0.1, -0.05) is 30.3 Å². The van der Waals surface area contributed by atoms with Gasteiger partial charge in [-0.05, 0) is 47.6 Å². The van der Waals surface area contributed by atoms with Gasteiger partial charge in [0.15, 0.2) is 9.84 Å². The molecular formula is C22H26O7S. The van der Waals surface area contributed by atoms with E-state index < -0.39 is 47.0 Å². The van der Waals surface area contributed by atoms with Crippen LogP contribution in [0.2, 0.25) is 0 Å². The predicted octanol–water partition coefficient (Wildman–Crippen LogP) is 1.15. The summed E-state index contributed by atoms with van der Waals surface area (Å²) < 4.78 is 30.4. The Hall–Kier alpha value is -1.81. The minimum Gasteiger partial charge on any atom is -0.394 e. The van der Waals surface area contributed by atoms with E-state index in [-0.39, 0.29) is 4.90 Å². The summed E-state index contributed by atoms with van der Waals surface area (Å²) in [6.45, 7) is -0.529. The van der Waals surface area contributed by atoms with Crippen LogP contribution in [0, 0.1) is 0 Å². The van der Waals surface area contributed by atoms with Crippen LogP contribution in [0.15, 0.2) is 47.4 Å². The second-order valence-corrected chi connectivity index (χ2v) is 10.2. The fourth-order valence-corrected chi connectivity index (χ4v) is 4.89. The van der Waals surface area contributed by atoms with Crippen molar-refractivity contribution in [2.45, 2.75) is 54.2 Å². The van der Waals surface area contributed by atoms with E-state index in [1.54, 1.807) is 6.07 Å². The van der Waals surface area contributed by atoms with Crippen molar-refractivity contribution in [2.75, 3.05) is 12.9 Å². The van der Waals surface area contributed by atoms with Gasteiger partial charge in [-0.25, -0.2) is 8.42 Å². The van der Waals surface area contributed by atoms with Crippen LogP contribution in [0.1, 0.15) is 36.0 Å². The molecule has 0 aromatic heterocycles. The highest BCUT2D eigenvalue weighted by molar-refractivity contribution is 7.90. The molecule has 1 saturated heterocycles. The Morgan fingerprint density at radius 2 is 1.57 bits per heavy atom. The highest BCUT2D eigenvalue weighted by Gasteiger charge is 2.44. The summed E-state index contributed by atoms with van der Waals surface area (Å²) in [4.78, 5) is 0.148. The van der Waals surface area contributed by atoms with Gasteiger partial charge < -0.3 is 25.2 Å². The Morgan fingerprint density at radius 3 is 2.13 bits per heavy atom. The zero-order valence-electron chi connectivity index (χ0n) is 16.5. The van der Waals surface area contributed by atoms with Gasteiger partial charge in [0.05, 0.1) is 11.5 Å². The summed E-state index contributed by atoms with van der Waals surface area (Å²) in [5.41, 5.74) is 2.85. The standard InChI is InChI=1S/C22H26O7S/c1-30(27,28)18-9-8-15(22-21(26)20(25)19(24)17(11-23)29-22)10-16(18)14-6-4-13(5-7-14)12-2-3-12/h4-10,12,17,19-26H,2-3,11H2,1H3. The maximum Gasteiger partial charge on any atom is 0.176 e. The first-order valence-electron chi connectivity index (χ1n) is 9.95. The second-order valence-electron chi connectivity index (χ2n) is 8.17. The molecule has 2 fully saturated rings. The van der Waals surface area contributed by atoms with E-state index in [9.17, 15) is 28.8 Å². The van der Waals surface area contributed by atoms with Crippen LogP contribution in [-0.4, -0.2) is 66.1 Å². The number of aliphatic hydroxyl groups is 4. The van der Waals surface area contributed by atoms with Gasteiger partial charge >= 0.3 is 0 Å². The van der Waals surface area contributed by atoms with Crippen molar-refractivity contribution in [3.05, 3.63) is 53.6 Å². The monoisotopic (exact) mass is 434 g/mol. The number of benzene rings is 2. The van der Waals surface area contributed by atoms with E-state index in [0.29, 0.717) is 22.6 Å². The third-order valence-corrected chi connectivity index (χ3v) is 7.05. The van der Waals surface area contributed by atoms with Crippen molar-refractivity contribution >= 4 is 9.84 Å². The van der Waals surface area contributed by atoms with Gasteiger partial charge in [0, 0.05) is 11.8 Å². The van der Waals surface area contributed by atoms with Gasteiger partial charge in [-0.15, -0.1) is 0 Å². The summed E-state index contributed by atoms with van der Waals surface area (Å²) in [6.07, 6.45) is -2.98. The van der Waals surface area contributed by atoms with Crippen LogP contribution in [0.4, 0.5) is 0 Å². The minimum atomic E-state index is -3.52. The molecular weight excluding hydrogens is 408 g/mol. The number of hydrogen-bond donors (Lipinski definition) is 4. The Balaban J connectivity index is 1.76. The van der Waals surface area contributed by atoms with Crippen molar-refractivity contribution in [3.63, 3.8) is 0 Å². The first-order valence-corrected chi connectivity index (χ1v) is 11.8. The minimum absolute atomic E-state index is 0.148. The van der Waals surface area contributed by atoms with Crippen LogP contribution >= 0.6 is 0 Å². The third-order valence-electron chi connectivity index (χ3n) is 5.89. The van der Waals surface area contributed by atoms with Crippen LogP contribution in [0.5, 0.6) is 0 Å². The van der Waals surface area contributed by atoms with E-state index >= 15 is 0 Å². The van der Waals surface area contributed by atoms with Crippen molar-refractivity contribution in [3.8, 4) is 11.1 Å². The Morgan fingerprint density at radius 1 is 0.933 bits per heavy atom. The van der Waals surface area contributed by atoms with Gasteiger partial charge in [0.1, 0.15) is 30.5 Å². The molecule has 4 N–H and O–H groups in total. The second kappa shape index (κ2) is 8.03. The van der Waals surface area contributed by atoms with Gasteiger partial charge in [-0.3, -0.25) is 0 Å². The van der Waals surface area contributed by atoms with Crippen LogP contribution in [0.3, 0.4) is 0 Å². The Bertz CT molecular complexity index is 1010. The molecule has 0 radical (unpaired) electrons. The van der Waals surface area contributed by atoms with Crippen LogP contribution in [-0.2, 0) is 14.6 Å². The van der Waals surface area contributed by atoms with E-state index in [2.05, 4.69) is 0 Å². The van der Waals surface area contributed by atoms with Gasteiger partial charge in [0.2, 0.25) is 0 Å². The highest BCUT2D eigenvalue weighted by atomic mass is 32.2. The van der Waals surface area contributed by atoms with Gasteiger partial charge in [-0.2, -0.15) is 0 Å². The van der Waals surface area contributed by atoms with E-state index in [1.165, 1.54) is 30.5 Å². The van der Waals surface area contributed by atoms with Crippen molar-refractivity contribution in [1.29, 1.82) is 0 Å². The molecule has 2 aromatic carbocycles. The van der Waals surface area contributed by atoms with E-state index in [1.807, 2.05) is 24.3 Å². The molecule has 0 bridgehead atoms. The lowest BCUT2D eigenvalue weighted by atomic mass is 9.90. The maximum atomic E-state index is 12.4. The first-order chi connectivity index (χ1) is 14.2. The summed E-state index contributed by atoms with van der Waals surface area (Å²) in [7, 11) is -3.52. The maximum absolute atomic E-state index is 12.4. The molecule has 4 rings (SSSR count). The smallest absolute Gasteiger partial charge is 0.176 e. The highest BCUT2D eigenvalue weighted by Crippen LogP contribution is 2.41. The Kier molecular flexibility index (Phi) is 5.73. The molecule has 30 heavy (non-hydrogen) atoms. The number of aliphatic hydroxyl groups excluding tert-OH is 4. The predicted molar refractivity (Wildman–Crippen MR) is 110 cm³/mol. The number of rotatable bonds is 5. The van der Waals surface area contributed by atoms with Crippen LogP contribution < -0.4 is 0 Å². The SMILES string of the molecule is CS(=O)(=O)c1ccc(C2OC(CO)C(O)C(O)C2O)cc1-c1ccc(C2CC2)cc1. The molecule has 5 unspecified atom stereocenters. The molecule has 2 aromatic rings. The van der Waals surface area contributed by atoms with Crippen molar-refractivity contribution in [1.82, 2.24) is 0 Å². The quantitative estimate of drug-likeness (QED) is 0.556. The number of hydrogen-bond acceptors (Lipinski definition) is 7. The number of ether oxygens (including phenoxy) is 1. The summed E-state index contributed by atoms with van der Waals surface area (Å²) in [6, 6.07) is 12.4. The molecule has 7 nitrogen and oxygen atoms in total. The average Bonchev–Trinajstić information content (AvgIpc) is 3.57. The molecule has 8 heteroatoms. The largest absolute Gasteiger partial charge is 0.394 e. The van der Waals surface area contributed by atoms with E-state index in [4.69, 9.17) is 4.74 Å². The summed E-state index contributed by atoms with van der Waals surface area (Å²) >= 11 is 0. The first kappa shape index (κ1) is 21.4. The molecule has 1 heterocycles. The molecule has 162 valence electrons. The molecule has 0 amide bonds. The van der Waals surface area contributed by atoms with Gasteiger partial charge in [0.25, 0.3) is 0 Å². The molecule has 5 atom stereocenters. The fraction of sp³-hybridized carbons (Fsp3) is 0.455. The molecule has 0 spiro atoms. The van der Waals surface area contributed by atoms with E-state index in [0.717, 1.165) is 6.26 Å². The molecule has 1 aliphatic heterocycles. The zero-order valence-corrected chi connectivity index (χ0v) is 17.4. The fourth-order valence-electron chi connectivity index (χ4n) is 4.00. The zero-order chi connectivity index (χ0) is 21.6. The van der Waals surface area contributed by atoms with Crippen molar-refractivity contribution in [2.24, 2.45) is 0 Å². The third kappa shape index (κ3) is 4.03. The average molecular weight is 435 g/mol. The Labute approximate surface area is 175 Å². The normalized spacial score (nSPS) is 29.7. The lowest BCUT2D eigenvalue weighted by Gasteiger charge is -2.40.